The SMILES string of the molecule is Nc1ncnc2c1c(-c1ccc(NC(=O)Nc3cc(C4(C(F)(F)F)CC4)on3)c3nccn13)cn2-c1ccncc1. The number of alkyl halides is 3. The van der Waals surface area contributed by atoms with E-state index in [2.05, 4.69) is 35.7 Å². The van der Waals surface area contributed by atoms with Crippen molar-refractivity contribution in [3.63, 3.8) is 0 Å². The van der Waals surface area contributed by atoms with Crippen molar-refractivity contribution in [3.8, 4) is 16.9 Å². The van der Waals surface area contributed by atoms with Gasteiger partial charge >= 0.3 is 12.2 Å². The minimum Gasteiger partial charge on any atom is -0.383 e. The number of hydrogen-bond acceptors (Lipinski definition) is 8. The molecular formula is C26H19F3N10O2. The van der Waals surface area contributed by atoms with Crippen LogP contribution in [0.1, 0.15) is 18.6 Å². The van der Waals surface area contributed by atoms with Crippen LogP contribution in [0.25, 0.3) is 33.6 Å². The molecule has 1 aliphatic carbocycles. The monoisotopic (exact) mass is 560 g/mol. The van der Waals surface area contributed by atoms with E-state index in [9.17, 15) is 18.0 Å². The fourth-order valence-electron chi connectivity index (χ4n) is 4.94. The lowest BCUT2D eigenvalue weighted by Gasteiger charge is -2.15. The van der Waals surface area contributed by atoms with E-state index in [0.717, 1.165) is 17.3 Å². The summed E-state index contributed by atoms with van der Waals surface area (Å²) in [5, 5.41) is 9.31. The van der Waals surface area contributed by atoms with Crippen molar-refractivity contribution >= 4 is 40.0 Å². The summed E-state index contributed by atoms with van der Waals surface area (Å²) >= 11 is 0. The molecule has 1 fully saturated rings. The van der Waals surface area contributed by atoms with Crippen molar-refractivity contribution in [3.05, 3.63) is 73.4 Å². The van der Waals surface area contributed by atoms with Gasteiger partial charge in [0.05, 0.1) is 22.5 Å². The van der Waals surface area contributed by atoms with E-state index in [1.807, 2.05) is 22.9 Å². The quantitative estimate of drug-likeness (QED) is 0.268. The summed E-state index contributed by atoms with van der Waals surface area (Å²) in [7, 11) is 0. The Balaban J connectivity index is 1.20. The van der Waals surface area contributed by atoms with Crippen molar-refractivity contribution in [2.75, 3.05) is 16.4 Å². The van der Waals surface area contributed by atoms with Crippen molar-refractivity contribution < 1.29 is 22.5 Å². The summed E-state index contributed by atoms with van der Waals surface area (Å²) in [6, 6.07) is 7.47. The number of carbonyl (C=O) groups excluding carboxylic acids is 1. The number of aromatic nitrogens is 7. The average molecular weight is 561 g/mol. The standard InChI is InChI=1S/C26H19F3N10O2/c27-26(28,29)25(5-6-25)18-11-19(37-41-18)36-24(40)35-16-1-2-17(38-10-9-32-22(16)38)15-12-39(14-3-7-31-8-4-14)23-20(15)21(30)33-13-34-23/h1-4,7-13H,5-6H2,(H2,30,33,34)(H2,35,36,37,40). The molecule has 206 valence electrons. The van der Waals surface area contributed by atoms with Gasteiger partial charge in [0.25, 0.3) is 0 Å². The summed E-state index contributed by atoms with van der Waals surface area (Å²) in [5.41, 5.74) is 7.85. The second-order valence-corrected chi connectivity index (χ2v) is 9.56. The first kappa shape index (κ1) is 24.6. The van der Waals surface area contributed by atoms with E-state index in [4.69, 9.17) is 10.3 Å². The van der Waals surface area contributed by atoms with Crippen LogP contribution in [-0.2, 0) is 5.41 Å². The molecule has 2 amide bonds. The molecule has 0 atom stereocenters. The number of halogens is 3. The normalized spacial score (nSPS) is 14.4. The summed E-state index contributed by atoms with van der Waals surface area (Å²) in [5.74, 6) is -0.170. The van der Waals surface area contributed by atoms with Gasteiger partial charge in [0.1, 0.15) is 17.6 Å². The predicted octanol–water partition coefficient (Wildman–Crippen LogP) is 4.94. The van der Waals surface area contributed by atoms with Gasteiger partial charge in [0.15, 0.2) is 22.9 Å². The van der Waals surface area contributed by atoms with Gasteiger partial charge in [-0.15, -0.1) is 0 Å². The zero-order valence-electron chi connectivity index (χ0n) is 20.9. The molecule has 4 N–H and O–H groups in total. The third-order valence-electron chi connectivity index (χ3n) is 7.14. The number of pyridine rings is 2. The molecule has 0 aliphatic heterocycles. The van der Waals surface area contributed by atoms with Crippen molar-refractivity contribution in [2.24, 2.45) is 0 Å². The zero-order chi connectivity index (χ0) is 28.4. The van der Waals surface area contributed by atoms with Crippen LogP contribution in [-0.4, -0.2) is 46.3 Å². The molecule has 0 aromatic carbocycles. The summed E-state index contributed by atoms with van der Waals surface area (Å²) in [4.78, 5) is 29.8. The first-order chi connectivity index (χ1) is 19.7. The number of imidazole rings is 1. The Morgan fingerprint density at radius 2 is 1.83 bits per heavy atom. The highest BCUT2D eigenvalue weighted by Crippen LogP contribution is 2.59. The molecule has 0 spiro atoms. The van der Waals surface area contributed by atoms with E-state index < -0.39 is 17.6 Å². The van der Waals surface area contributed by atoms with Gasteiger partial charge in [-0.05, 0) is 37.1 Å². The van der Waals surface area contributed by atoms with Crippen LogP contribution in [0.3, 0.4) is 0 Å². The number of nitrogens with two attached hydrogens (primary N) is 1. The number of nitrogen functional groups attached to an aromatic ring is 1. The molecule has 15 heteroatoms. The van der Waals surface area contributed by atoms with Crippen LogP contribution < -0.4 is 16.4 Å². The maximum absolute atomic E-state index is 13.4. The number of anilines is 3. The molecule has 1 saturated carbocycles. The van der Waals surface area contributed by atoms with Crippen LogP contribution in [0.15, 0.2) is 72.2 Å². The number of nitrogens with zero attached hydrogens (tertiary/aromatic N) is 7. The van der Waals surface area contributed by atoms with E-state index in [-0.39, 0.29) is 30.2 Å². The molecule has 0 saturated heterocycles. The maximum Gasteiger partial charge on any atom is 0.401 e. The Morgan fingerprint density at radius 1 is 1.02 bits per heavy atom. The first-order valence-electron chi connectivity index (χ1n) is 12.4. The Bertz CT molecular complexity index is 1940. The highest BCUT2D eigenvalue weighted by molar-refractivity contribution is 6.03. The number of urea groups is 1. The predicted molar refractivity (Wildman–Crippen MR) is 141 cm³/mol. The molecule has 1 aliphatic rings. The highest BCUT2D eigenvalue weighted by atomic mass is 19.4. The number of amides is 2. The number of nitrogens with one attached hydrogen (secondary N) is 2. The van der Waals surface area contributed by atoms with Crippen molar-refractivity contribution in [2.45, 2.75) is 24.4 Å². The Hall–Kier alpha value is -5.47. The lowest BCUT2D eigenvalue weighted by atomic mass is 10.0. The fraction of sp³-hybridized carbons (Fsp3) is 0.154. The molecule has 0 bridgehead atoms. The van der Waals surface area contributed by atoms with Gasteiger partial charge in [-0.25, -0.2) is 19.7 Å². The lowest BCUT2D eigenvalue weighted by Crippen LogP contribution is -2.28. The molecule has 6 aromatic rings. The maximum atomic E-state index is 13.4. The van der Waals surface area contributed by atoms with E-state index in [1.54, 1.807) is 41.3 Å². The van der Waals surface area contributed by atoms with Gasteiger partial charge < -0.3 is 20.1 Å². The zero-order valence-corrected chi connectivity index (χ0v) is 20.9. The number of hydrogen-bond donors (Lipinski definition) is 3. The molecule has 6 heterocycles. The topological polar surface area (TPSA) is 154 Å². The van der Waals surface area contributed by atoms with Crippen LogP contribution in [0, 0.1) is 0 Å². The summed E-state index contributed by atoms with van der Waals surface area (Å²) < 4.78 is 48.7. The van der Waals surface area contributed by atoms with Gasteiger partial charge in [-0.2, -0.15) is 13.2 Å². The van der Waals surface area contributed by atoms with E-state index in [1.165, 1.54) is 6.33 Å². The second-order valence-electron chi connectivity index (χ2n) is 9.56. The lowest BCUT2D eigenvalue weighted by molar-refractivity contribution is -0.165. The van der Waals surface area contributed by atoms with Crippen LogP contribution in [0.4, 0.5) is 35.3 Å². The van der Waals surface area contributed by atoms with Crippen LogP contribution in [0.2, 0.25) is 0 Å². The molecule has 12 nitrogen and oxygen atoms in total. The number of rotatable bonds is 5. The summed E-state index contributed by atoms with van der Waals surface area (Å²) in [6.07, 6.45) is 5.29. The Labute approximate surface area is 228 Å². The van der Waals surface area contributed by atoms with Crippen LogP contribution in [0.5, 0.6) is 0 Å². The molecule has 7 rings (SSSR count). The largest absolute Gasteiger partial charge is 0.401 e. The second kappa shape index (κ2) is 8.77. The summed E-state index contributed by atoms with van der Waals surface area (Å²) in [6.45, 7) is 0. The first-order valence-corrected chi connectivity index (χ1v) is 12.4. The van der Waals surface area contributed by atoms with Gasteiger partial charge in [0, 0.05) is 42.6 Å². The minimum absolute atomic E-state index is 0.0828. The van der Waals surface area contributed by atoms with E-state index >= 15 is 0 Å². The third-order valence-corrected chi connectivity index (χ3v) is 7.14. The fourth-order valence-corrected chi connectivity index (χ4v) is 4.94. The molecule has 41 heavy (non-hydrogen) atoms. The average Bonchev–Trinajstić information content (AvgIpc) is 3.26. The highest BCUT2D eigenvalue weighted by Gasteiger charge is 2.66. The number of fused-ring (bicyclic) bond motifs is 2. The van der Waals surface area contributed by atoms with Crippen molar-refractivity contribution in [1.29, 1.82) is 0 Å². The molecular weight excluding hydrogens is 541 g/mol. The molecule has 0 unspecified atom stereocenters. The Kier molecular flexibility index (Phi) is 5.25. The van der Waals surface area contributed by atoms with Gasteiger partial charge in [0.2, 0.25) is 0 Å². The van der Waals surface area contributed by atoms with Crippen molar-refractivity contribution in [1.82, 2.24) is 34.1 Å². The number of carbonyl (C=O) groups is 1. The van der Waals surface area contributed by atoms with E-state index in [0.29, 0.717) is 28.1 Å². The van der Waals surface area contributed by atoms with Crippen LogP contribution >= 0.6 is 0 Å². The minimum atomic E-state index is -4.46. The van der Waals surface area contributed by atoms with Gasteiger partial charge in [-0.3, -0.25) is 14.7 Å². The van der Waals surface area contributed by atoms with Gasteiger partial charge in [-0.1, -0.05) is 5.16 Å². The third kappa shape index (κ3) is 3.92. The smallest absolute Gasteiger partial charge is 0.383 e. The molecule has 6 aromatic heterocycles. The molecule has 0 radical (unpaired) electrons. The Morgan fingerprint density at radius 3 is 2.59 bits per heavy atom.